The Kier molecular flexibility index (Phi) is 4.90. The molecular formula is C13H24N4O. The molecule has 0 amide bonds. The number of rotatable bonds is 5. The fourth-order valence-electron chi connectivity index (χ4n) is 1.45. The van der Waals surface area contributed by atoms with Crippen LogP contribution in [0, 0.1) is 6.92 Å². The van der Waals surface area contributed by atoms with Crippen LogP contribution in [0.5, 0.6) is 0 Å². The van der Waals surface area contributed by atoms with Gasteiger partial charge in [-0.3, -0.25) is 0 Å². The first-order valence-corrected chi connectivity index (χ1v) is 6.29. The van der Waals surface area contributed by atoms with Crippen LogP contribution in [0.2, 0.25) is 0 Å². The van der Waals surface area contributed by atoms with E-state index in [2.05, 4.69) is 41.0 Å². The molecule has 0 aliphatic rings. The van der Waals surface area contributed by atoms with Crippen LogP contribution in [0.25, 0.3) is 0 Å². The summed E-state index contributed by atoms with van der Waals surface area (Å²) >= 11 is 0. The lowest BCUT2D eigenvalue weighted by Gasteiger charge is -2.33. The zero-order chi connectivity index (χ0) is 13.8. The van der Waals surface area contributed by atoms with Crippen LogP contribution in [0.15, 0.2) is 6.07 Å². The number of nitrogens with zero attached hydrogens (tertiary/aromatic N) is 3. The van der Waals surface area contributed by atoms with E-state index >= 15 is 0 Å². The summed E-state index contributed by atoms with van der Waals surface area (Å²) in [5, 5.41) is 12.0. The summed E-state index contributed by atoms with van der Waals surface area (Å²) in [6.45, 7) is 9.21. The fraction of sp³-hybridized carbons (Fsp3) is 0.692. The first-order valence-electron chi connectivity index (χ1n) is 6.29. The maximum Gasteiger partial charge on any atom is 0.134 e. The van der Waals surface area contributed by atoms with Gasteiger partial charge in [0.15, 0.2) is 0 Å². The van der Waals surface area contributed by atoms with Crippen LogP contribution >= 0.6 is 0 Å². The SMILES string of the molecule is Cc1nc(NCCCO)cc(N(C)C(C)(C)C)n1. The van der Waals surface area contributed by atoms with Crippen molar-refractivity contribution in [2.24, 2.45) is 0 Å². The van der Waals surface area contributed by atoms with Crippen LogP contribution in [0.1, 0.15) is 33.0 Å². The number of hydrogen-bond donors (Lipinski definition) is 2. The van der Waals surface area contributed by atoms with Gasteiger partial charge in [0.1, 0.15) is 17.5 Å². The Bertz CT molecular complexity index is 387. The highest BCUT2D eigenvalue weighted by atomic mass is 16.3. The molecule has 2 N–H and O–H groups in total. The molecule has 0 saturated carbocycles. The van der Waals surface area contributed by atoms with Gasteiger partial charge in [0.2, 0.25) is 0 Å². The predicted molar refractivity (Wildman–Crippen MR) is 75.1 cm³/mol. The molecule has 1 heterocycles. The third-order valence-electron chi connectivity index (χ3n) is 2.82. The highest BCUT2D eigenvalue weighted by Gasteiger charge is 2.19. The Morgan fingerprint density at radius 3 is 2.56 bits per heavy atom. The van der Waals surface area contributed by atoms with Gasteiger partial charge < -0.3 is 15.3 Å². The van der Waals surface area contributed by atoms with Crippen molar-refractivity contribution in [3.63, 3.8) is 0 Å². The first-order chi connectivity index (χ1) is 8.34. The molecule has 0 saturated heterocycles. The second kappa shape index (κ2) is 6.00. The van der Waals surface area contributed by atoms with Gasteiger partial charge in [-0.1, -0.05) is 0 Å². The van der Waals surface area contributed by atoms with Crippen LogP contribution in [-0.2, 0) is 0 Å². The molecule has 0 aliphatic heterocycles. The molecular weight excluding hydrogens is 228 g/mol. The third-order valence-corrected chi connectivity index (χ3v) is 2.82. The van der Waals surface area contributed by atoms with Crippen molar-refractivity contribution in [2.75, 3.05) is 30.4 Å². The number of aryl methyl sites for hydroxylation is 1. The smallest absolute Gasteiger partial charge is 0.134 e. The lowest BCUT2D eigenvalue weighted by molar-refractivity contribution is 0.292. The molecule has 5 nitrogen and oxygen atoms in total. The predicted octanol–water partition coefficient (Wildman–Crippen LogP) is 1.81. The van der Waals surface area contributed by atoms with E-state index in [1.165, 1.54) is 0 Å². The summed E-state index contributed by atoms with van der Waals surface area (Å²) in [6.07, 6.45) is 0.716. The average molecular weight is 252 g/mol. The van der Waals surface area contributed by atoms with Crippen molar-refractivity contribution in [3.8, 4) is 0 Å². The van der Waals surface area contributed by atoms with Crippen molar-refractivity contribution in [1.29, 1.82) is 0 Å². The Morgan fingerprint density at radius 1 is 1.33 bits per heavy atom. The maximum absolute atomic E-state index is 8.77. The standard InChI is InChI=1S/C13H24N4O/c1-10-15-11(14-7-6-8-18)9-12(16-10)17(5)13(2,3)4/h9,18H,6-8H2,1-5H3,(H,14,15,16). The molecule has 0 fully saturated rings. The molecule has 0 aromatic carbocycles. The number of aromatic nitrogens is 2. The van der Waals surface area contributed by atoms with Gasteiger partial charge in [-0.2, -0.15) is 0 Å². The Hall–Kier alpha value is -1.36. The van der Waals surface area contributed by atoms with Gasteiger partial charge in [0.05, 0.1) is 0 Å². The maximum atomic E-state index is 8.77. The minimum Gasteiger partial charge on any atom is -0.396 e. The fourth-order valence-corrected chi connectivity index (χ4v) is 1.45. The topological polar surface area (TPSA) is 61.3 Å². The summed E-state index contributed by atoms with van der Waals surface area (Å²) in [7, 11) is 2.03. The average Bonchev–Trinajstić information content (AvgIpc) is 2.26. The molecule has 5 heteroatoms. The molecule has 0 bridgehead atoms. The van der Waals surface area contributed by atoms with Crippen molar-refractivity contribution in [3.05, 3.63) is 11.9 Å². The van der Waals surface area contributed by atoms with Crippen LogP contribution in [0.3, 0.4) is 0 Å². The van der Waals surface area contributed by atoms with E-state index in [1.807, 2.05) is 20.0 Å². The van der Waals surface area contributed by atoms with E-state index in [-0.39, 0.29) is 12.1 Å². The second-order valence-electron chi connectivity index (χ2n) is 5.39. The molecule has 1 aromatic heterocycles. The summed E-state index contributed by atoms with van der Waals surface area (Å²) in [5.41, 5.74) is 0.0170. The van der Waals surface area contributed by atoms with Gasteiger partial charge in [-0.15, -0.1) is 0 Å². The second-order valence-corrected chi connectivity index (χ2v) is 5.39. The minimum absolute atomic E-state index is 0.0170. The Labute approximate surface area is 109 Å². The lowest BCUT2D eigenvalue weighted by atomic mass is 10.1. The number of aliphatic hydroxyl groups is 1. The van der Waals surface area contributed by atoms with Crippen molar-refractivity contribution < 1.29 is 5.11 Å². The van der Waals surface area contributed by atoms with Crippen molar-refractivity contribution in [1.82, 2.24) is 9.97 Å². The summed E-state index contributed by atoms with van der Waals surface area (Å²) in [5.74, 6) is 2.46. The van der Waals surface area contributed by atoms with Crippen LogP contribution in [-0.4, -0.2) is 40.8 Å². The number of anilines is 2. The molecule has 0 aliphatic carbocycles. The zero-order valence-electron chi connectivity index (χ0n) is 12.0. The van der Waals surface area contributed by atoms with E-state index in [0.717, 1.165) is 17.5 Å². The largest absolute Gasteiger partial charge is 0.396 e. The molecule has 1 rings (SSSR count). The third kappa shape index (κ3) is 4.14. The number of hydrogen-bond acceptors (Lipinski definition) is 5. The normalized spacial score (nSPS) is 11.4. The summed E-state index contributed by atoms with van der Waals surface area (Å²) in [6, 6.07) is 1.94. The van der Waals surface area contributed by atoms with Crippen molar-refractivity contribution in [2.45, 2.75) is 39.7 Å². The van der Waals surface area contributed by atoms with E-state index < -0.39 is 0 Å². The molecule has 0 atom stereocenters. The highest BCUT2D eigenvalue weighted by Crippen LogP contribution is 2.21. The first kappa shape index (κ1) is 14.7. The minimum atomic E-state index is 0.0170. The number of nitrogens with one attached hydrogen (secondary N) is 1. The van der Waals surface area contributed by atoms with Gasteiger partial charge >= 0.3 is 0 Å². The van der Waals surface area contributed by atoms with E-state index in [0.29, 0.717) is 13.0 Å². The molecule has 18 heavy (non-hydrogen) atoms. The molecule has 102 valence electrons. The Morgan fingerprint density at radius 2 is 2.00 bits per heavy atom. The van der Waals surface area contributed by atoms with Crippen LogP contribution < -0.4 is 10.2 Å². The summed E-state index contributed by atoms with van der Waals surface area (Å²) in [4.78, 5) is 10.9. The van der Waals surface area contributed by atoms with Gasteiger partial charge in [-0.05, 0) is 34.1 Å². The molecule has 0 spiro atoms. The summed E-state index contributed by atoms with van der Waals surface area (Å²) < 4.78 is 0. The van der Waals surface area contributed by atoms with Crippen LogP contribution in [0.4, 0.5) is 11.6 Å². The zero-order valence-corrected chi connectivity index (χ0v) is 12.0. The Balaban J connectivity index is 2.87. The van der Waals surface area contributed by atoms with E-state index in [9.17, 15) is 0 Å². The van der Waals surface area contributed by atoms with Gasteiger partial charge in [0, 0.05) is 31.8 Å². The van der Waals surface area contributed by atoms with E-state index in [4.69, 9.17) is 5.11 Å². The monoisotopic (exact) mass is 252 g/mol. The van der Waals surface area contributed by atoms with Gasteiger partial charge in [0.25, 0.3) is 0 Å². The van der Waals surface area contributed by atoms with E-state index in [1.54, 1.807) is 0 Å². The van der Waals surface area contributed by atoms with Crippen molar-refractivity contribution >= 4 is 11.6 Å². The molecule has 0 unspecified atom stereocenters. The molecule has 0 radical (unpaired) electrons. The lowest BCUT2D eigenvalue weighted by Crippen LogP contribution is -2.38. The molecule has 1 aromatic rings. The quantitative estimate of drug-likeness (QED) is 0.783. The number of aliphatic hydroxyl groups excluding tert-OH is 1. The van der Waals surface area contributed by atoms with Gasteiger partial charge in [-0.25, -0.2) is 9.97 Å². The highest BCUT2D eigenvalue weighted by molar-refractivity contribution is 5.50.